The van der Waals surface area contributed by atoms with E-state index in [0.29, 0.717) is 25.5 Å². The first-order chi connectivity index (χ1) is 7.33. The monoisotopic (exact) mass is 207 g/mol. The van der Waals surface area contributed by atoms with Crippen LogP contribution in [0, 0.1) is 0 Å². The Bertz CT molecular complexity index is 345. The van der Waals surface area contributed by atoms with Crippen molar-refractivity contribution in [3.63, 3.8) is 0 Å². The van der Waals surface area contributed by atoms with Crippen LogP contribution < -0.4 is 15.9 Å². The highest BCUT2D eigenvalue weighted by Crippen LogP contribution is 2.18. The number of ether oxygens (including phenoxy) is 1. The van der Waals surface area contributed by atoms with E-state index in [0.717, 1.165) is 17.4 Å². The predicted molar refractivity (Wildman–Crippen MR) is 58.0 cm³/mol. The Morgan fingerprint density at radius 3 is 3.20 bits per heavy atom. The van der Waals surface area contributed by atoms with Crippen molar-refractivity contribution in [3.05, 3.63) is 23.8 Å². The molecule has 1 aliphatic rings. The minimum atomic E-state index is -0.853. The second-order valence-electron chi connectivity index (χ2n) is 3.48. The fourth-order valence-electron chi connectivity index (χ4n) is 1.64. The van der Waals surface area contributed by atoms with Gasteiger partial charge < -0.3 is 20.1 Å². The summed E-state index contributed by atoms with van der Waals surface area (Å²) >= 11 is 0. The van der Waals surface area contributed by atoms with Crippen molar-refractivity contribution in [3.8, 4) is 5.75 Å². The topological polar surface area (TPSA) is 64.7 Å². The maximum atomic E-state index is 9.59. The number of nitrogens with two attached hydrogens (primary N) is 1. The first-order valence-corrected chi connectivity index (χ1v) is 5.07. The van der Waals surface area contributed by atoms with Gasteiger partial charge in [-0.25, -0.2) is 0 Å². The lowest BCUT2D eigenvalue weighted by atomic mass is 9.79. The third-order valence-electron chi connectivity index (χ3n) is 2.41. The molecule has 0 aliphatic carbocycles. The van der Waals surface area contributed by atoms with E-state index in [1.54, 1.807) is 0 Å². The van der Waals surface area contributed by atoms with Gasteiger partial charge in [-0.3, -0.25) is 0 Å². The summed E-state index contributed by atoms with van der Waals surface area (Å²) in [6.45, 7) is 1.62. The molecule has 0 spiro atoms. The van der Waals surface area contributed by atoms with Gasteiger partial charge in [0.15, 0.2) is 0 Å². The van der Waals surface area contributed by atoms with Gasteiger partial charge in [-0.1, -0.05) is 12.1 Å². The molecule has 80 valence electrons. The summed E-state index contributed by atoms with van der Waals surface area (Å²) in [6, 6.07) is 5.67. The summed E-state index contributed by atoms with van der Waals surface area (Å²) in [7, 11) is -0.853. The van der Waals surface area contributed by atoms with Crippen LogP contribution in [0.5, 0.6) is 5.75 Å². The van der Waals surface area contributed by atoms with Crippen LogP contribution in [0.2, 0.25) is 0 Å². The number of hydrogen-bond donors (Lipinski definition) is 2. The van der Waals surface area contributed by atoms with Gasteiger partial charge >= 0.3 is 7.12 Å². The summed E-state index contributed by atoms with van der Waals surface area (Å²) < 4.78 is 10.7. The molecule has 0 amide bonds. The molecular formula is C10H14BNO3. The Hall–Kier alpha value is -1.04. The fraction of sp³-hybridized carbons (Fsp3) is 0.400. The van der Waals surface area contributed by atoms with E-state index in [1.807, 2.05) is 18.2 Å². The third kappa shape index (κ3) is 2.14. The molecule has 0 bridgehead atoms. The molecule has 1 aromatic carbocycles. The lowest BCUT2D eigenvalue weighted by Crippen LogP contribution is -2.30. The van der Waals surface area contributed by atoms with Crippen LogP contribution in [0.4, 0.5) is 0 Å². The van der Waals surface area contributed by atoms with Crippen molar-refractivity contribution in [2.75, 3.05) is 13.2 Å². The predicted octanol–water partition coefficient (Wildman–Crippen LogP) is -0.368. The Morgan fingerprint density at radius 2 is 2.40 bits per heavy atom. The molecule has 1 heterocycles. The molecular weight excluding hydrogens is 193 g/mol. The van der Waals surface area contributed by atoms with E-state index in [1.165, 1.54) is 0 Å². The zero-order valence-electron chi connectivity index (χ0n) is 8.48. The van der Waals surface area contributed by atoms with Crippen molar-refractivity contribution in [2.24, 2.45) is 5.73 Å². The molecule has 15 heavy (non-hydrogen) atoms. The lowest BCUT2D eigenvalue weighted by Gasteiger charge is -2.09. The van der Waals surface area contributed by atoms with Crippen LogP contribution in [0.3, 0.4) is 0 Å². The van der Waals surface area contributed by atoms with Crippen LogP contribution >= 0.6 is 0 Å². The normalized spacial score (nSPS) is 14.1. The smallest absolute Gasteiger partial charge is 0.494 e. The highest BCUT2D eigenvalue weighted by atomic mass is 16.5. The van der Waals surface area contributed by atoms with Gasteiger partial charge in [0.1, 0.15) is 5.75 Å². The Kier molecular flexibility index (Phi) is 3.25. The van der Waals surface area contributed by atoms with Crippen molar-refractivity contribution >= 4 is 12.6 Å². The molecule has 0 saturated heterocycles. The summed E-state index contributed by atoms with van der Waals surface area (Å²) in [5, 5.41) is 9.59. The summed E-state index contributed by atoms with van der Waals surface area (Å²) in [4.78, 5) is 0. The maximum absolute atomic E-state index is 9.59. The van der Waals surface area contributed by atoms with E-state index in [-0.39, 0.29) is 0 Å². The number of benzene rings is 1. The van der Waals surface area contributed by atoms with E-state index < -0.39 is 7.12 Å². The molecule has 5 heteroatoms. The van der Waals surface area contributed by atoms with Crippen molar-refractivity contribution < 1.29 is 14.4 Å². The SMILES string of the molecule is NCCCOc1cccc2c1B(O)OC2. The summed E-state index contributed by atoms with van der Waals surface area (Å²) in [6.07, 6.45) is 0.806. The molecule has 2 rings (SSSR count). The second kappa shape index (κ2) is 4.66. The molecule has 0 unspecified atom stereocenters. The fourth-order valence-corrected chi connectivity index (χ4v) is 1.64. The molecule has 0 atom stereocenters. The first kappa shape index (κ1) is 10.5. The Labute approximate surface area is 89.1 Å². The van der Waals surface area contributed by atoms with Gasteiger partial charge in [-0.15, -0.1) is 0 Å². The third-order valence-corrected chi connectivity index (χ3v) is 2.41. The Balaban J connectivity index is 2.14. The number of fused-ring (bicyclic) bond motifs is 1. The van der Waals surface area contributed by atoms with Gasteiger partial charge in [0.05, 0.1) is 13.2 Å². The van der Waals surface area contributed by atoms with Crippen LogP contribution in [0.25, 0.3) is 0 Å². The number of rotatable bonds is 4. The maximum Gasteiger partial charge on any atom is 0.495 e. The average Bonchev–Trinajstić information content (AvgIpc) is 2.62. The quantitative estimate of drug-likeness (QED) is 0.522. The largest absolute Gasteiger partial charge is 0.495 e. The molecule has 1 aliphatic heterocycles. The van der Waals surface area contributed by atoms with Crippen LogP contribution in [0.1, 0.15) is 12.0 Å². The van der Waals surface area contributed by atoms with Crippen LogP contribution in [-0.4, -0.2) is 25.3 Å². The minimum absolute atomic E-state index is 0.449. The first-order valence-electron chi connectivity index (χ1n) is 5.07. The van der Waals surface area contributed by atoms with Gasteiger partial charge in [-0.05, 0) is 24.6 Å². The number of hydrogen-bond acceptors (Lipinski definition) is 4. The molecule has 3 N–H and O–H groups in total. The highest BCUT2D eigenvalue weighted by molar-refractivity contribution is 6.62. The summed E-state index contributed by atoms with van der Waals surface area (Å²) in [5.74, 6) is 0.700. The lowest BCUT2D eigenvalue weighted by molar-refractivity contribution is 0.274. The van der Waals surface area contributed by atoms with Gasteiger partial charge in [-0.2, -0.15) is 0 Å². The van der Waals surface area contributed by atoms with Gasteiger partial charge in [0, 0.05) is 5.46 Å². The van der Waals surface area contributed by atoms with E-state index in [4.69, 9.17) is 15.1 Å². The van der Waals surface area contributed by atoms with Crippen molar-refractivity contribution in [1.82, 2.24) is 0 Å². The molecule has 0 saturated carbocycles. The van der Waals surface area contributed by atoms with Crippen molar-refractivity contribution in [2.45, 2.75) is 13.0 Å². The minimum Gasteiger partial charge on any atom is -0.494 e. The van der Waals surface area contributed by atoms with Crippen molar-refractivity contribution in [1.29, 1.82) is 0 Å². The zero-order chi connectivity index (χ0) is 10.7. The molecule has 0 radical (unpaired) electrons. The van der Waals surface area contributed by atoms with Crippen LogP contribution in [-0.2, 0) is 11.3 Å². The zero-order valence-corrected chi connectivity index (χ0v) is 8.48. The average molecular weight is 207 g/mol. The molecule has 0 fully saturated rings. The van der Waals surface area contributed by atoms with E-state index >= 15 is 0 Å². The standard InChI is InChI=1S/C10H14BNO3/c12-5-2-6-14-9-4-1-3-8-7-15-11(13)10(8)9/h1,3-4,13H,2,5-7,12H2. The summed E-state index contributed by atoms with van der Waals surface area (Å²) in [5.41, 5.74) is 7.13. The molecule has 4 nitrogen and oxygen atoms in total. The Morgan fingerprint density at radius 1 is 1.53 bits per heavy atom. The van der Waals surface area contributed by atoms with Gasteiger partial charge in [0.25, 0.3) is 0 Å². The van der Waals surface area contributed by atoms with E-state index in [2.05, 4.69) is 0 Å². The second-order valence-corrected chi connectivity index (χ2v) is 3.48. The molecule has 1 aromatic rings. The van der Waals surface area contributed by atoms with E-state index in [9.17, 15) is 5.02 Å². The highest BCUT2D eigenvalue weighted by Gasteiger charge is 2.30. The van der Waals surface area contributed by atoms with Crippen LogP contribution in [0.15, 0.2) is 18.2 Å². The van der Waals surface area contributed by atoms with Gasteiger partial charge in [0.2, 0.25) is 0 Å². The molecule has 0 aromatic heterocycles.